The Hall–Kier alpha value is -5.68. The zero-order chi connectivity index (χ0) is 44.6. The zero-order valence-electron chi connectivity index (χ0n) is 39.8. The molecule has 0 radical (unpaired) electrons. The molecule has 0 unspecified atom stereocenters. The van der Waals surface area contributed by atoms with E-state index in [4.69, 9.17) is 19.5 Å². The molecule has 0 N–H and O–H groups in total. The highest BCUT2D eigenvalue weighted by Gasteiger charge is 2.59. The van der Waals surface area contributed by atoms with E-state index in [1.54, 1.807) is 0 Å². The fourth-order valence-corrected chi connectivity index (χ4v) is 9.83. The van der Waals surface area contributed by atoms with Crippen LogP contribution >= 0.6 is 0 Å². The summed E-state index contributed by atoms with van der Waals surface area (Å²) in [5.41, 5.74) is 15.5. The van der Waals surface area contributed by atoms with Gasteiger partial charge in [-0.2, -0.15) is 0 Å². The molecule has 0 fully saturated rings. The van der Waals surface area contributed by atoms with Gasteiger partial charge in [-0.1, -0.05) is 82.1 Å². The van der Waals surface area contributed by atoms with Crippen molar-refractivity contribution >= 4 is 23.1 Å². The van der Waals surface area contributed by atoms with Gasteiger partial charge >= 0.3 is 0 Å². The number of aryl methyl sites for hydroxylation is 7. The molecule has 1 aliphatic carbocycles. The quantitative estimate of drug-likeness (QED) is 0.174. The number of benzene rings is 5. The molecule has 2 atom stereocenters. The van der Waals surface area contributed by atoms with Crippen LogP contribution in [0.4, 0.5) is 17.2 Å². The van der Waals surface area contributed by atoms with Gasteiger partial charge in [-0.15, -0.1) is 0 Å². The lowest BCUT2D eigenvalue weighted by Gasteiger charge is -2.42. The fraction of sp³-hybridized carbons (Fsp3) is 0.345. The first kappa shape index (κ1) is 37.3. The minimum atomic E-state index is -1.77. The Morgan fingerprint density at radius 3 is 2.05 bits per heavy atom. The van der Waals surface area contributed by atoms with E-state index in [2.05, 4.69) is 154 Å². The predicted molar refractivity (Wildman–Crippen MR) is 248 cm³/mol. The Bertz CT molecular complexity index is 2900. The lowest BCUT2D eigenvalue weighted by molar-refractivity contribution is 0.0450. The first-order valence-corrected chi connectivity index (χ1v) is 21.3. The van der Waals surface area contributed by atoms with E-state index in [9.17, 15) is 2.74 Å². The van der Waals surface area contributed by atoms with Gasteiger partial charge in [-0.25, -0.2) is 9.98 Å². The topological polar surface area (TPSA) is 47.0 Å². The van der Waals surface area contributed by atoms with Crippen LogP contribution in [0, 0.1) is 48.5 Å². The van der Waals surface area contributed by atoms with Gasteiger partial charge in [0.15, 0.2) is 5.60 Å². The van der Waals surface area contributed by atoms with E-state index in [-0.39, 0.29) is 10.8 Å². The van der Waals surface area contributed by atoms with Gasteiger partial charge in [0.1, 0.15) is 22.9 Å². The molecule has 1 aromatic heterocycles. The van der Waals surface area contributed by atoms with Gasteiger partial charge in [0.25, 0.3) is 0 Å². The van der Waals surface area contributed by atoms with Crippen LogP contribution in [-0.2, 0) is 27.5 Å². The SMILES string of the molecule is [2H]C1([2H])c2cc(C)c(C)cc2[C@]2(C)OC(c3cc(Oc4cc5c(cc4C)C(C)(C)c4cc(C)ccc4N5c4cc(C(C)(C)C)ccn4)cc(-c4c(C)cc(C)cc4C)c3)=N[C@]12C. The van der Waals surface area contributed by atoms with Crippen molar-refractivity contribution in [3.8, 4) is 22.6 Å². The monoisotopic (exact) mass is 795 g/mol. The summed E-state index contributed by atoms with van der Waals surface area (Å²) in [6.45, 7) is 30.0. The van der Waals surface area contributed by atoms with Crippen molar-refractivity contribution in [3.63, 3.8) is 0 Å². The second-order valence-electron chi connectivity index (χ2n) is 19.6. The number of hydrogen-bond donors (Lipinski definition) is 0. The molecule has 3 aliphatic rings. The van der Waals surface area contributed by atoms with Gasteiger partial charge in [-0.05, 0) is 171 Å². The number of aliphatic imine (C=N–C) groups is 1. The first-order chi connectivity index (χ1) is 28.9. The summed E-state index contributed by atoms with van der Waals surface area (Å²) in [4.78, 5) is 12.5. The smallest absolute Gasteiger partial charge is 0.217 e. The van der Waals surface area contributed by atoms with Gasteiger partial charge in [0.2, 0.25) is 5.90 Å². The molecule has 0 saturated carbocycles. The highest BCUT2D eigenvalue weighted by molar-refractivity contribution is 5.98. The van der Waals surface area contributed by atoms with Crippen molar-refractivity contribution in [1.82, 2.24) is 4.98 Å². The second-order valence-corrected chi connectivity index (χ2v) is 19.6. The van der Waals surface area contributed by atoms with Crippen molar-refractivity contribution in [3.05, 3.63) is 163 Å². The van der Waals surface area contributed by atoms with Crippen LogP contribution in [0.1, 0.15) is 124 Å². The van der Waals surface area contributed by atoms with Crippen LogP contribution in [0.15, 0.2) is 96.1 Å². The normalized spacial score (nSPS) is 21.2. The molecule has 5 nitrogen and oxygen atoms in total. The molecule has 0 bridgehead atoms. The number of ether oxygens (including phenoxy) is 2. The van der Waals surface area contributed by atoms with Crippen LogP contribution in [0.2, 0.25) is 0 Å². The lowest BCUT2D eigenvalue weighted by Crippen LogP contribution is -2.40. The molecule has 0 saturated heterocycles. The maximum absolute atomic E-state index is 9.53. The zero-order valence-corrected chi connectivity index (χ0v) is 37.8. The minimum Gasteiger partial charge on any atom is -0.464 e. The van der Waals surface area contributed by atoms with Crippen LogP contribution in [-0.4, -0.2) is 16.4 Å². The molecule has 3 heterocycles. The molecule has 5 aromatic carbocycles. The first-order valence-electron chi connectivity index (χ1n) is 22.3. The van der Waals surface area contributed by atoms with E-state index in [0.29, 0.717) is 17.2 Å². The van der Waals surface area contributed by atoms with Crippen molar-refractivity contribution in [2.24, 2.45) is 4.99 Å². The number of rotatable bonds is 5. The van der Waals surface area contributed by atoms with Crippen molar-refractivity contribution in [2.75, 3.05) is 4.90 Å². The van der Waals surface area contributed by atoms with Crippen LogP contribution < -0.4 is 9.64 Å². The number of nitrogens with zero attached hydrogens (tertiary/aromatic N) is 3. The van der Waals surface area contributed by atoms with E-state index >= 15 is 0 Å². The van der Waals surface area contributed by atoms with Gasteiger partial charge in [0, 0.05) is 37.9 Å². The third-order valence-corrected chi connectivity index (χ3v) is 13.5. The summed E-state index contributed by atoms with van der Waals surface area (Å²) >= 11 is 0. The molecule has 9 rings (SSSR count). The molecular weight excluding hydrogens is 735 g/mol. The third kappa shape index (κ3) is 6.18. The van der Waals surface area contributed by atoms with Gasteiger partial charge in [0.05, 0.1) is 11.4 Å². The van der Waals surface area contributed by atoms with Gasteiger partial charge in [-0.3, -0.25) is 4.90 Å². The number of hydrogen-bond acceptors (Lipinski definition) is 5. The van der Waals surface area contributed by atoms with E-state index in [1.807, 2.05) is 39.1 Å². The standard InChI is InChI=1S/C55H59N3O2/c1-31-15-16-46-44(21-31)53(11,12)45-24-35(5)48(29-47(45)58(46)49-28-41(17-18-56-49)52(8,9)10)59-42-26-38(50-36(6)19-32(2)20-37(50)7)25-39(27-42)51-57-54(13)30-40-22-33(3)34(4)23-43(40)55(54,14)60-51/h15-29H,30H2,1-14H3/t54-,55+/m1/s1/i30D2. The summed E-state index contributed by atoms with van der Waals surface area (Å²) in [7, 11) is 0. The maximum Gasteiger partial charge on any atom is 0.217 e. The molecule has 0 amide bonds. The van der Waals surface area contributed by atoms with Gasteiger partial charge < -0.3 is 9.47 Å². The Kier molecular flexibility index (Phi) is 8.34. The predicted octanol–water partition coefficient (Wildman–Crippen LogP) is 14.1. The summed E-state index contributed by atoms with van der Waals surface area (Å²) in [6, 6.07) is 30.3. The highest BCUT2D eigenvalue weighted by atomic mass is 16.5. The molecule has 60 heavy (non-hydrogen) atoms. The Balaban J connectivity index is 1.21. The van der Waals surface area contributed by atoms with Crippen LogP contribution in [0.5, 0.6) is 11.5 Å². The Labute approximate surface area is 360 Å². The summed E-state index contributed by atoms with van der Waals surface area (Å²) in [6.07, 6.45) is 0.156. The van der Waals surface area contributed by atoms with E-state index in [0.717, 1.165) is 73.0 Å². The maximum atomic E-state index is 9.53. The van der Waals surface area contributed by atoms with Crippen molar-refractivity contribution < 1.29 is 12.2 Å². The van der Waals surface area contributed by atoms with Crippen molar-refractivity contribution in [2.45, 2.75) is 125 Å². The molecule has 2 aliphatic heterocycles. The molecule has 306 valence electrons. The molecule has 6 aromatic rings. The van der Waals surface area contributed by atoms with Crippen LogP contribution in [0.3, 0.4) is 0 Å². The lowest BCUT2D eigenvalue weighted by atomic mass is 9.72. The summed E-state index contributed by atoms with van der Waals surface area (Å²) in [5, 5.41) is 0. The Morgan fingerprint density at radius 2 is 1.33 bits per heavy atom. The summed E-state index contributed by atoms with van der Waals surface area (Å²) in [5.74, 6) is 2.63. The third-order valence-electron chi connectivity index (χ3n) is 13.5. The fourth-order valence-electron chi connectivity index (χ4n) is 9.83. The van der Waals surface area contributed by atoms with Crippen LogP contribution in [0.25, 0.3) is 11.1 Å². The Morgan fingerprint density at radius 1 is 0.667 bits per heavy atom. The summed E-state index contributed by atoms with van der Waals surface area (Å²) < 4.78 is 33.2. The number of aromatic nitrogens is 1. The molecule has 0 spiro atoms. The second kappa shape index (κ2) is 13.4. The van der Waals surface area contributed by atoms with Crippen molar-refractivity contribution in [1.29, 1.82) is 0 Å². The number of pyridine rings is 1. The number of anilines is 3. The van der Waals surface area contributed by atoms with E-state index < -0.39 is 17.5 Å². The minimum absolute atomic E-state index is 0.0604. The highest BCUT2D eigenvalue weighted by Crippen LogP contribution is 2.55. The largest absolute Gasteiger partial charge is 0.464 e. The number of fused-ring (bicyclic) bond motifs is 5. The van der Waals surface area contributed by atoms with E-state index in [1.165, 1.54) is 27.8 Å². The average Bonchev–Trinajstić information content (AvgIpc) is 3.53. The average molecular weight is 796 g/mol. The molecule has 5 heteroatoms. The molecular formula is C55H59N3O2.